The second-order valence-electron chi connectivity index (χ2n) is 6.62. The van der Waals surface area contributed by atoms with Crippen LogP contribution < -0.4 is 14.2 Å². The van der Waals surface area contributed by atoms with Crippen molar-refractivity contribution in [2.24, 2.45) is 0 Å². The van der Waals surface area contributed by atoms with Gasteiger partial charge in [-0.3, -0.25) is 4.79 Å². The van der Waals surface area contributed by atoms with E-state index in [2.05, 4.69) is 21.2 Å². The minimum atomic E-state index is -4.06. The first-order valence-corrected chi connectivity index (χ1v) is 12.0. The highest BCUT2D eigenvalue weighted by Crippen LogP contribution is 2.32. The largest absolute Gasteiger partial charge is 0.490 e. The van der Waals surface area contributed by atoms with Gasteiger partial charge in [0.1, 0.15) is 16.5 Å². The van der Waals surface area contributed by atoms with Crippen LogP contribution in [0.5, 0.6) is 11.5 Å². The average molecular weight is 527 g/mol. The molecule has 0 atom stereocenters. The molecule has 0 bridgehead atoms. The Morgan fingerprint density at radius 2 is 1.76 bits per heavy atom. The predicted molar refractivity (Wildman–Crippen MR) is 128 cm³/mol. The van der Waals surface area contributed by atoms with Crippen molar-refractivity contribution >= 4 is 43.7 Å². The van der Waals surface area contributed by atoms with E-state index in [9.17, 15) is 18.5 Å². The molecule has 0 unspecified atom stereocenters. The molecule has 168 valence electrons. The quantitative estimate of drug-likeness (QED) is 0.247. The SMILES string of the molecule is CCOc1cc(/C=C(\C#N)C(=O)Nc2ccc(Br)cc2)ccc1OS(=O)(=O)c1ccccc1. The number of hydrogen-bond donors (Lipinski definition) is 1. The van der Waals surface area contributed by atoms with E-state index >= 15 is 0 Å². The van der Waals surface area contributed by atoms with Gasteiger partial charge < -0.3 is 14.2 Å². The van der Waals surface area contributed by atoms with Gasteiger partial charge in [0.2, 0.25) is 0 Å². The number of halogens is 1. The van der Waals surface area contributed by atoms with Gasteiger partial charge in [0.05, 0.1) is 6.61 Å². The van der Waals surface area contributed by atoms with Gasteiger partial charge in [-0.2, -0.15) is 13.7 Å². The molecule has 0 aliphatic heterocycles. The molecule has 1 N–H and O–H groups in total. The zero-order chi connectivity index (χ0) is 23.8. The molecule has 3 aromatic rings. The van der Waals surface area contributed by atoms with Crippen molar-refractivity contribution in [3.63, 3.8) is 0 Å². The Balaban J connectivity index is 1.86. The molecule has 3 aromatic carbocycles. The fourth-order valence-corrected chi connectivity index (χ4v) is 3.98. The number of benzene rings is 3. The van der Waals surface area contributed by atoms with Crippen molar-refractivity contribution in [1.82, 2.24) is 0 Å². The number of amides is 1. The third-order valence-electron chi connectivity index (χ3n) is 4.28. The minimum absolute atomic E-state index is 0.00400. The lowest BCUT2D eigenvalue weighted by Gasteiger charge is -2.13. The summed E-state index contributed by atoms with van der Waals surface area (Å²) >= 11 is 3.32. The van der Waals surface area contributed by atoms with Gasteiger partial charge in [0.25, 0.3) is 5.91 Å². The molecule has 33 heavy (non-hydrogen) atoms. The van der Waals surface area contributed by atoms with Crippen LogP contribution in [0.4, 0.5) is 5.69 Å². The average Bonchev–Trinajstić information content (AvgIpc) is 2.81. The van der Waals surface area contributed by atoms with Crippen molar-refractivity contribution in [2.75, 3.05) is 11.9 Å². The summed E-state index contributed by atoms with van der Waals surface area (Å²) in [5.74, 6) is -0.420. The lowest BCUT2D eigenvalue weighted by molar-refractivity contribution is -0.112. The first kappa shape index (κ1) is 24.0. The molecule has 0 saturated carbocycles. The summed E-state index contributed by atoms with van der Waals surface area (Å²) in [5, 5.41) is 12.1. The van der Waals surface area contributed by atoms with E-state index in [0.29, 0.717) is 11.3 Å². The van der Waals surface area contributed by atoms with Crippen molar-refractivity contribution in [3.05, 3.63) is 88.4 Å². The Hall–Kier alpha value is -3.61. The van der Waals surface area contributed by atoms with Crippen LogP contribution in [0.15, 0.2) is 87.7 Å². The number of anilines is 1. The summed E-state index contributed by atoms with van der Waals surface area (Å²) < 4.78 is 36.8. The fraction of sp³-hybridized carbons (Fsp3) is 0.0833. The van der Waals surface area contributed by atoms with Crippen LogP contribution in [-0.4, -0.2) is 20.9 Å². The normalized spacial score (nSPS) is 11.4. The molecule has 0 spiro atoms. The molecule has 9 heteroatoms. The van der Waals surface area contributed by atoms with Crippen molar-refractivity contribution in [3.8, 4) is 17.6 Å². The Kier molecular flexibility index (Phi) is 7.87. The van der Waals surface area contributed by atoms with E-state index in [-0.39, 0.29) is 28.6 Å². The number of carbonyl (C=O) groups excluding carboxylic acids is 1. The lowest BCUT2D eigenvalue weighted by Crippen LogP contribution is -2.13. The third kappa shape index (κ3) is 6.44. The molecule has 0 heterocycles. The highest BCUT2D eigenvalue weighted by atomic mass is 79.9. The van der Waals surface area contributed by atoms with Crippen LogP contribution in [-0.2, 0) is 14.9 Å². The maximum absolute atomic E-state index is 12.6. The van der Waals surface area contributed by atoms with Crippen molar-refractivity contribution in [1.29, 1.82) is 5.26 Å². The third-order valence-corrected chi connectivity index (χ3v) is 6.05. The monoisotopic (exact) mass is 526 g/mol. The van der Waals surface area contributed by atoms with Gasteiger partial charge in [-0.25, -0.2) is 0 Å². The molecular weight excluding hydrogens is 508 g/mol. The predicted octanol–water partition coefficient (Wildman–Crippen LogP) is 5.16. The highest BCUT2D eigenvalue weighted by molar-refractivity contribution is 9.10. The van der Waals surface area contributed by atoms with Crippen LogP contribution in [0.1, 0.15) is 12.5 Å². The zero-order valence-corrected chi connectivity index (χ0v) is 19.9. The Bertz CT molecular complexity index is 1320. The minimum Gasteiger partial charge on any atom is -0.490 e. The number of nitrogens with one attached hydrogen (secondary N) is 1. The van der Waals surface area contributed by atoms with Gasteiger partial charge in [-0.1, -0.05) is 40.2 Å². The number of rotatable bonds is 8. The maximum Gasteiger partial charge on any atom is 0.339 e. The molecule has 0 radical (unpaired) electrons. The number of nitriles is 1. The van der Waals surface area contributed by atoms with Gasteiger partial charge in [0, 0.05) is 10.2 Å². The molecule has 3 rings (SSSR count). The molecule has 0 saturated heterocycles. The second-order valence-corrected chi connectivity index (χ2v) is 9.08. The van der Waals surface area contributed by atoms with Crippen LogP contribution in [0.3, 0.4) is 0 Å². The van der Waals surface area contributed by atoms with E-state index in [1.807, 2.05) is 6.07 Å². The summed E-state index contributed by atoms with van der Waals surface area (Å²) in [7, 11) is -4.06. The summed E-state index contributed by atoms with van der Waals surface area (Å²) in [6.45, 7) is 1.99. The summed E-state index contributed by atoms with van der Waals surface area (Å²) in [5.41, 5.74) is 0.866. The highest BCUT2D eigenvalue weighted by Gasteiger charge is 2.19. The first-order valence-electron chi connectivity index (χ1n) is 9.77. The topological polar surface area (TPSA) is 105 Å². The summed E-state index contributed by atoms with van der Waals surface area (Å²) in [4.78, 5) is 12.5. The molecular formula is C24H19BrN2O5S. The number of nitrogens with zero attached hydrogens (tertiary/aromatic N) is 1. The maximum atomic E-state index is 12.6. The van der Waals surface area contributed by atoms with E-state index in [4.69, 9.17) is 8.92 Å². The molecule has 0 aliphatic carbocycles. The van der Waals surface area contributed by atoms with Crippen LogP contribution in [0, 0.1) is 11.3 Å². The Morgan fingerprint density at radius 1 is 1.06 bits per heavy atom. The van der Waals surface area contributed by atoms with Crippen LogP contribution >= 0.6 is 15.9 Å². The molecule has 7 nitrogen and oxygen atoms in total. The van der Waals surface area contributed by atoms with E-state index in [1.165, 1.54) is 36.4 Å². The van der Waals surface area contributed by atoms with Gasteiger partial charge in [-0.15, -0.1) is 0 Å². The standard InChI is InChI=1S/C24H19BrN2O5S/c1-2-31-23-15-17(8-13-22(23)32-33(29,30)21-6-4-3-5-7-21)14-18(16-26)24(28)27-20-11-9-19(25)10-12-20/h3-15H,2H2,1H3,(H,27,28)/b18-14+. The zero-order valence-electron chi connectivity index (χ0n) is 17.5. The van der Waals surface area contributed by atoms with Gasteiger partial charge in [-0.05, 0) is 67.1 Å². The molecule has 1 amide bonds. The Morgan fingerprint density at radius 3 is 2.39 bits per heavy atom. The number of ether oxygens (including phenoxy) is 1. The van der Waals surface area contributed by atoms with Gasteiger partial charge >= 0.3 is 10.1 Å². The molecule has 0 aliphatic rings. The van der Waals surface area contributed by atoms with Crippen LogP contribution in [0.25, 0.3) is 6.08 Å². The van der Waals surface area contributed by atoms with E-state index in [0.717, 1.165) is 4.47 Å². The van der Waals surface area contributed by atoms with E-state index < -0.39 is 16.0 Å². The Labute approximate surface area is 200 Å². The van der Waals surface area contributed by atoms with Crippen molar-refractivity contribution < 1.29 is 22.1 Å². The second kappa shape index (κ2) is 10.8. The number of hydrogen-bond acceptors (Lipinski definition) is 6. The van der Waals surface area contributed by atoms with E-state index in [1.54, 1.807) is 49.4 Å². The fourth-order valence-electron chi connectivity index (χ4n) is 2.75. The summed E-state index contributed by atoms with van der Waals surface area (Å²) in [6.07, 6.45) is 1.38. The lowest BCUT2D eigenvalue weighted by atomic mass is 10.1. The van der Waals surface area contributed by atoms with Crippen molar-refractivity contribution in [2.45, 2.75) is 11.8 Å². The van der Waals surface area contributed by atoms with Crippen LogP contribution in [0.2, 0.25) is 0 Å². The molecule has 0 fully saturated rings. The first-order chi connectivity index (χ1) is 15.8. The van der Waals surface area contributed by atoms with Gasteiger partial charge in [0.15, 0.2) is 11.5 Å². The number of carbonyl (C=O) groups is 1. The smallest absolute Gasteiger partial charge is 0.339 e. The molecule has 0 aromatic heterocycles. The summed E-state index contributed by atoms with van der Waals surface area (Å²) in [6, 6.07) is 21.0.